The SMILES string of the molecule is CCOCCCCNC(=O)Nc1c(C)cc(C)cc1C. The summed E-state index contributed by atoms with van der Waals surface area (Å²) in [6, 6.07) is 4.01. The molecule has 0 aliphatic heterocycles. The van der Waals surface area contributed by atoms with Gasteiger partial charge in [0.15, 0.2) is 0 Å². The second kappa shape index (κ2) is 8.59. The Hall–Kier alpha value is -1.55. The average molecular weight is 278 g/mol. The minimum Gasteiger partial charge on any atom is -0.382 e. The van der Waals surface area contributed by atoms with Gasteiger partial charge < -0.3 is 15.4 Å². The fourth-order valence-electron chi connectivity index (χ4n) is 2.21. The summed E-state index contributed by atoms with van der Waals surface area (Å²) in [5.74, 6) is 0. The van der Waals surface area contributed by atoms with E-state index in [1.165, 1.54) is 5.56 Å². The fourth-order valence-corrected chi connectivity index (χ4v) is 2.21. The summed E-state index contributed by atoms with van der Waals surface area (Å²) in [4.78, 5) is 11.8. The number of rotatable bonds is 7. The molecule has 0 spiro atoms. The Morgan fingerprint density at radius 2 is 1.80 bits per heavy atom. The highest BCUT2D eigenvalue weighted by molar-refractivity contribution is 5.91. The first-order chi connectivity index (χ1) is 9.54. The maximum atomic E-state index is 11.8. The Bertz CT molecular complexity index is 421. The molecule has 0 fully saturated rings. The van der Waals surface area contributed by atoms with Gasteiger partial charge in [0.1, 0.15) is 0 Å². The number of carbonyl (C=O) groups is 1. The van der Waals surface area contributed by atoms with Crippen LogP contribution in [0, 0.1) is 20.8 Å². The number of amides is 2. The monoisotopic (exact) mass is 278 g/mol. The van der Waals surface area contributed by atoms with E-state index in [0.717, 1.165) is 42.9 Å². The fraction of sp³-hybridized carbons (Fsp3) is 0.562. The van der Waals surface area contributed by atoms with E-state index in [0.29, 0.717) is 6.54 Å². The largest absolute Gasteiger partial charge is 0.382 e. The second-order valence-corrected chi connectivity index (χ2v) is 5.06. The predicted molar refractivity (Wildman–Crippen MR) is 83.4 cm³/mol. The predicted octanol–water partition coefficient (Wildman–Crippen LogP) is 3.55. The Balaban J connectivity index is 2.36. The lowest BCUT2D eigenvalue weighted by Gasteiger charge is -2.13. The van der Waals surface area contributed by atoms with Gasteiger partial charge >= 0.3 is 6.03 Å². The quantitative estimate of drug-likeness (QED) is 0.749. The van der Waals surface area contributed by atoms with Crippen LogP contribution in [-0.2, 0) is 4.74 Å². The summed E-state index contributed by atoms with van der Waals surface area (Å²) in [7, 11) is 0. The number of urea groups is 1. The van der Waals surface area contributed by atoms with Gasteiger partial charge in [0, 0.05) is 25.4 Å². The lowest BCUT2D eigenvalue weighted by Crippen LogP contribution is -2.30. The van der Waals surface area contributed by atoms with E-state index in [9.17, 15) is 4.79 Å². The first kappa shape index (κ1) is 16.5. The van der Waals surface area contributed by atoms with Crippen molar-refractivity contribution in [3.8, 4) is 0 Å². The van der Waals surface area contributed by atoms with Crippen molar-refractivity contribution in [1.29, 1.82) is 0 Å². The first-order valence-corrected chi connectivity index (χ1v) is 7.25. The van der Waals surface area contributed by atoms with Crippen molar-refractivity contribution in [2.75, 3.05) is 25.1 Å². The van der Waals surface area contributed by atoms with Crippen LogP contribution in [0.15, 0.2) is 12.1 Å². The lowest BCUT2D eigenvalue weighted by molar-refractivity contribution is 0.143. The zero-order valence-electron chi connectivity index (χ0n) is 13.0. The third-order valence-corrected chi connectivity index (χ3v) is 3.12. The Morgan fingerprint density at radius 1 is 1.15 bits per heavy atom. The van der Waals surface area contributed by atoms with Gasteiger partial charge in [0.2, 0.25) is 0 Å². The second-order valence-electron chi connectivity index (χ2n) is 5.06. The summed E-state index contributed by atoms with van der Waals surface area (Å²) >= 11 is 0. The number of hydrogen-bond acceptors (Lipinski definition) is 2. The maximum Gasteiger partial charge on any atom is 0.319 e. The van der Waals surface area contributed by atoms with Crippen LogP contribution in [0.3, 0.4) is 0 Å². The average Bonchev–Trinajstić information content (AvgIpc) is 2.38. The number of nitrogens with one attached hydrogen (secondary N) is 2. The summed E-state index contributed by atoms with van der Waals surface area (Å²) in [6.07, 6.45) is 1.90. The van der Waals surface area contributed by atoms with E-state index in [-0.39, 0.29) is 6.03 Å². The number of anilines is 1. The van der Waals surface area contributed by atoms with Crippen LogP contribution >= 0.6 is 0 Å². The van der Waals surface area contributed by atoms with Gasteiger partial charge in [0.25, 0.3) is 0 Å². The molecule has 20 heavy (non-hydrogen) atoms. The Kier molecular flexibility index (Phi) is 7.09. The molecule has 0 saturated heterocycles. The molecule has 2 N–H and O–H groups in total. The van der Waals surface area contributed by atoms with Crippen LogP contribution in [-0.4, -0.2) is 25.8 Å². The van der Waals surface area contributed by atoms with Crippen molar-refractivity contribution in [3.05, 3.63) is 28.8 Å². The van der Waals surface area contributed by atoms with Crippen molar-refractivity contribution in [3.63, 3.8) is 0 Å². The zero-order valence-corrected chi connectivity index (χ0v) is 13.0. The van der Waals surface area contributed by atoms with Gasteiger partial charge in [0.05, 0.1) is 0 Å². The topological polar surface area (TPSA) is 50.4 Å². The minimum absolute atomic E-state index is 0.142. The molecular weight excluding hydrogens is 252 g/mol. The zero-order chi connectivity index (χ0) is 15.0. The molecule has 0 unspecified atom stereocenters. The number of carbonyl (C=O) groups excluding carboxylic acids is 1. The molecule has 0 aliphatic rings. The van der Waals surface area contributed by atoms with Gasteiger partial charge in [-0.1, -0.05) is 17.7 Å². The first-order valence-electron chi connectivity index (χ1n) is 7.25. The van der Waals surface area contributed by atoms with Crippen LogP contribution < -0.4 is 10.6 Å². The van der Waals surface area contributed by atoms with Gasteiger partial charge in [-0.05, 0) is 51.7 Å². The summed E-state index contributed by atoms with van der Waals surface area (Å²) in [5, 5.41) is 5.80. The van der Waals surface area contributed by atoms with Crippen LogP contribution in [0.4, 0.5) is 10.5 Å². The van der Waals surface area contributed by atoms with Crippen LogP contribution in [0.25, 0.3) is 0 Å². The maximum absolute atomic E-state index is 11.8. The van der Waals surface area contributed by atoms with Crippen molar-refractivity contribution >= 4 is 11.7 Å². The van der Waals surface area contributed by atoms with E-state index in [1.54, 1.807) is 0 Å². The molecule has 0 bridgehead atoms. The third-order valence-electron chi connectivity index (χ3n) is 3.12. The molecule has 0 aliphatic carbocycles. The summed E-state index contributed by atoms with van der Waals surface area (Å²) < 4.78 is 5.25. The molecule has 0 aromatic heterocycles. The van der Waals surface area contributed by atoms with Crippen molar-refractivity contribution in [2.24, 2.45) is 0 Å². The molecule has 1 aromatic carbocycles. The molecule has 1 rings (SSSR count). The molecule has 0 heterocycles. The van der Waals surface area contributed by atoms with E-state index >= 15 is 0 Å². The van der Waals surface area contributed by atoms with Crippen molar-refractivity contribution < 1.29 is 9.53 Å². The molecular formula is C16H26N2O2. The number of aryl methyl sites for hydroxylation is 3. The molecule has 0 radical (unpaired) electrons. The van der Waals surface area contributed by atoms with E-state index < -0.39 is 0 Å². The number of unbranched alkanes of at least 4 members (excludes halogenated alkanes) is 1. The third kappa shape index (κ3) is 5.61. The number of ether oxygens (including phenoxy) is 1. The van der Waals surface area contributed by atoms with E-state index in [4.69, 9.17) is 4.74 Å². The molecule has 4 heteroatoms. The van der Waals surface area contributed by atoms with Crippen LogP contribution in [0.1, 0.15) is 36.5 Å². The van der Waals surface area contributed by atoms with E-state index in [1.807, 2.05) is 20.8 Å². The smallest absolute Gasteiger partial charge is 0.319 e. The van der Waals surface area contributed by atoms with Crippen LogP contribution in [0.2, 0.25) is 0 Å². The van der Waals surface area contributed by atoms with Gasteiger partial charge in [-0.25, -0.2) is 4.79 Å². The Morgan fingerprint density at radius 3 is 2.40 bits per heavy atom. The van der Waals surface area contributed by atoms with Gasteiger partial charge in [-0.3, -0.25) is 0 Å². The minimum atomic E-state index is -0.142. The summed E-state index contributed by atoms with van der Waals surface area (Å²) in [6.45, 7) is 10.2. The van der Waals surface area contributed by atoms with E-state index in [2.05, 4.69) is 29.7 Å². The standard InChI is InChI=1S/C16H26N2O2/c1-5-20-9-7-6-8-17-16(19)18-15-13(3)10-12(2)11-14(15)4/h10-11H,5-9H2,1-4H3,(H2,17,18,19). The highest BCUT2D eigenvalue weighted by Crippen LogP contribution is 2.21. The molecule has 1 aromatic rings. The molecule has 0 atom stereocenters. The van der Waals surface area contributed by atoms with Crippen molar-refractivity contribution in [2.45, 2.75) is 40.5 Å². The Labute approximate surface area is 121 Å². The number of hydrogen-bond donors (Lipinski definition) is 2. The lowest BCUT2D eigenvalue weighted by atomic mass is 10.1. The molecule has 112 valence electrons. The van der Waals surface area contributed by atoms with Crippen LogP contribution in [0.5, 0.6) is 0 Å². The highest BCUT2D eigenvalue weighted by atomic mass is 16.5. The van der Waals surface area contributed by atoms with Gasteiger partial charge in [-0.2, -0.15) is 0 Å². The molecule has 0 saturated carbocycles. The normalized spacial score (nSPS) is 10.4. The summed E-state index contributed by atoms with van der Waals surface area (Å²) in [5.41, 5.74) is 4.30. The van der Waals surface area contributed by atoms with Crippen molar-refractivity contribution in [1.82, 2.24) is 5.32 Å². The highest BCUT2D eigenvalue weighted by Gasteiger charge is 2.07. The van der Waals surface area contributed by atoms with Gasteiger partial charge in [-0.15, -0.1) is 0 Å². The number of benzene rings is 1. The molecule has 4 nitrogen and oxygen atoms in total. The molecule has 2 amide bonds.